The van der Waals surface area contributed by atoms with Crippen molar-refractivity contribution in [2.75, 3.05) is 5.73 Å². The smallest absolute Gasteiger partial charge is 0.152 e. The van der Waals surface area contributed by atoms with Gasteiger partial charge >= 0.3 is 0 Å². The maximum Gasteiger partial charge on any atom is 0.152 e. The van der Waals surface area contributed by atoms with Gasteiger partial charge in [-0.05, 0) is 30.2 Å². The van der Waals surface area contributed by atoms with Gasteiger partial charge in [-0.2, -0.15) is 5.10 Å². The van der Waals surface area contributed by atoms with Crippen LogP contribution in [0.4, 0.5) is 5.69 Å². The summed E-state index contributed by atoms with van der Waals surface area (Å²) < 4.78 is 0. The van der Waals surface area contributed by atoms with E-state index in [0.29, 0.717) is 10.8 Å². The van der Waals surface area contributed by atoms with Gasteiger partial charge in [-0.3, -0.25) is 5.10 Å². The van der Waals surface area contributed by atoms with Crippen LogP contribution in [0.25, 0.3) is 22.0 Å². The lowest BCUT2D eigenvalue weighted by molar-refractivity contribution is 1.12. The number of aromatic amines is 1. The molecular formula is C13H11ClN4. The molecule has 0 bridgehead atoms. The highest BCUT2D eigenvalue weighted by Gasteiger charge is 2.13. The zero-order valence-corrected chi connectivity index (χ0v) is 10.5. The van der Waals surface area contributed by atoms with Crippen molar-refractivity contribution < 1.29 is 0 Å². The summed E-state index contributed by atoms with van der Waals surface area (Å²) in [6.45, 7) is 2.04. The summed E-state index contributed by atoms with van der Waals surface area (Å²) in [6.07, 6.45) is 3.46. The highest BCUT2D eigenvalue weighted by Crippen LogP contribution is 2.36. The number of hydrogen-bond donors (Lipinski definition) is 2. The number of nitrogens with zero attached hydrogens (tertiary/aromatic N) is 2. The molecule has 0 spiro atoms. The van der Waals surface area contributed by atoms with Crippen LogP contribution in [0.15, 0.2) is 30.6 Å². The number of rotatable bonds is 1. The van der Waals surface area contributed by atoms with E-state index in [-0.39, 0.29) is 0 Å². The number of nitrogen functional groups attached to an aromatic ring is 1. The molecule has 0 atom stereocenters. The van der Waals surface area contributed by atoms with E-state index >= 15 is 0 Å². The van der Waals surface area contributed by atoms with Gasteiger partial charge in [-0.15, -0.1) is 0 Å². The summed E-state index contributed by atoms with van der Waals surface area (Å²) in [5, 5.41) is 8.38. The molecule has 1 aromatic carbocycles. The summed E-state index contributed by atoms with van der Waals surface area (Å²) in [7, 11) is 0. The first-order valence-electron chi connectivity index (χ1n) is 5.51. The third-order valence-corrected chi connectivity index (χ3v) is 3.34. The van der Waals surface area contributed by atoms with Crippen LogP contribution >= 0.6 is 11.6 Å². The Kier molecular flexibility index (Phi) is 2.45. The van der Waals surface area contributed by atoms with Crippen molar-refractivity contribution in [1.29, 1.82) is 0 Å². The Morgan fingerprint density at radius 3 is 2.94 bits per heavy atom. The predicted octanol–water partition coefficient (Wildman–Crippen LogP) is 3.17. The average Bonchev–Trinajstić information content (AvgIpc) is 2.82. The van der Waals surface area contributed by atoms with E-state index in [0.717, 1.165) is 27.6 Å². The van der Waals surface area contributed by atoms with Crippen LogP contribution in [0, 0.1) is 6.92 Å². The first-order valence-corrected chi connectivity index (χ1v) is 5.89. The quantitative estimate of drug-likeness (QED) is 0.659. The molecular weight excluding hydrogens is 248 g/mol. The van der Waals surface area contributed by atoms with E-state index < -0.39 is 0 Å². The van der Waals surface area contributed by atoms with Crippen LogP contribution in [0.2, 0.25) is 5.15 Å². The summed E-state index contributed by atoms with van der Waals surface area (Å²) in [4.78, 5) is 3.98. The standard InChI is InChI=1S/C13H11ClN4/c1-7-2-3-10-9(6-17-18-10)11(7)8-4-5-16-13(14)12(8)15/h2-6H,15H2,1H3,(H,17,18). The molecule has 2 aromatic heterocycles. The second-order valence-corrected chi connectivity index (χ2v) is 4.51. The SMILES string of the molecule is Cc1ccc2[nH]ncc2c1-c1ccnc(Cl)c1N. The Morgan fingerprint density at radius 2 is 2.11 bits per heavy atom. The van der Waals surface area contributed by atoms with Crippen molar-refractivity contribution in [1.82, 2.24) is 15.2 Å². The lowest BCUT2D eigenvalue weighted by atomic mass is 9.97. The van der Waals surface area contributed by atoms with Crippen LogP contribution in [0.1, 0.15) is 5.56 Å². The van der Waals surface area contributed by atoms with Crippen LogP contribution in [0.3, 0.4) is 0 Å². The number of halogens is 1. The normalized spacial score (nSPS) is 11.0. The Morgan fingerprint density at radius 1 is 1.28 bits per heavy atom. The zero-order valence-electron chi connectivity index (χ0n) is 9.74. The van der Waals surface area contributed by atoms with Crippen molar-refractivity contribution >= 4 is 28.2 Å². The third kappa shape index (κ3) is 1.54. The maximum absolute atomic E-state index is 6.02. The topological polar surface area (TPSA) is 67.6 Å². The third-order valence-electron chi connectivity index (χ3n) is 3.04. The molecule has 0 amide bonds. The van der Waals surface area contributed by atoms with E-state index in [2.05, 4.69) is 15.2 Å². The van der Waals surface area contributed by atoms with E-state index in [1.165, 1.54) is 0 Å². The zero-order chi connectivity index (χ0) is 12.7. The summed E-state index contributed by atoms with van der Waals surface area (Å²) in [5.41, 5.74) is 10.5. The number of fused-ring (bicyclic) bond motifs is 1. The fourth-order valence-electron chi connectivity index (χ4n) is 2.15. The minimum absolute atomic E-state index is 0.326. The minimum Gasteiger partial charge on any atom is -0.396 e. The predicted molar refractivity (Wildman–Crippen MR) is 73.5 cm³/mol. The first-order chi connectivity index (χ1) is 8.68. The van der Waals surface area contributed by atoms with Gasteiger partial charge in [0.1, 0.15) is 0 Å². The average molecular weight is 259 g/mol. The van der Waals surface area contributed by atoms with E-state index in [1.807, 2.05) is 25.1 Å². The monoisotopic (exact) mass is 258 g/mol. The Bertz CT molecular complexity index is 733. The minimum atomic E-state index is 0.326. The summed E-state index contributed by atoms with van der Waals surface area (Å²) >= 11 is 5.98. The van der Waals surface area contributed by atoms with Crippen molar-refractivity contribution in [3.05, 3.63) is 41.3 Å². The molecule has 0 unspecified atom stereocenters. The van der Waals surface area contributed by atoms with Crippen LogP contribution in [-0.4, -0.2) is 15.2 Å². The molecule has 18 heavy (non-hydrogen) atoms. The lowest BCUT2D eigenvalue weighted by Gasteiger charge is -2.10. The van der Waals surface area contributed by atoms with E-state index in [9.17, 15) is 0 Å². The fraction of sp³-hybridized carbons (Fsp3) is 0.0769. The van der Waals surface area contributed by atoms with Gasteiger partial charge < -0.3 is 5.73 Å². The number of anilines is 1. The molecule has 3 rings (SSSR count). The molecule has 0 aliphatic carbocycles. The summed E-state index contributed by atoms with van der Waals surface area (Å²) in [5.74, 6) is 0. The highest BCUT2D eigenvalue weighted by atomic mass is 35.5. The van der Waals surface area contributed by atoms with Crippen molar-refractivity contribution in [3.8, 4) is 11.1 Å². The number of nitrogens with two attached hydrogens (primary N) is 1. The number of benzene rings is 1. The second-order valence-electron chi connectivity index (χ2n) is 4.15. The van der Waals surface area contributed by atoms with Gasteiger partial charge in [0.15, 0.2) is 5.15 Å². The molecule has 4 nitrogen and oxygen atoms in total. The van der Waals surface area contributed by atoms with Gasteiger partial charge in [0.05, 0.1) is 17.4 Å². The van der Waals surface area contributed by atoms with Gasteiger partial charge in [-0.25, -0.2) is 4.98 Å². The Labute approximate surface area is 109 Å². The number of nitrogens with one attached hydrogen (secondary N) is 1. The lowest BCUT2D eigenvalue weighted by Crippen LogP contribution is -1.95. The maximum atomic E-state index is 6.02. The number of aryl methyl sites for hydroxylation is 1. The molecule has 0 aliphatic heterocycles. The van der Waals surface area contributed by atoms with E-state index in [4.69, 9.17) is 17.3 Å². The van der Waals surface area contributed by atoms with Gasteiger partial charge in [-0.1, -0.05) is 17.7 Å². The highest BCUT2D eigenvalue weighted by molar-refractivity contribution is 6.32. The van der Waals surface area contributed by atoms with Crippen LogP contribution < -0.4 is 5.73 Å². The van der Waals surface area contributed by atoms with Crippen LogP contribution in [0.5, 0.6) is 0 Å². The van der Waals surface area contributed by atoms with Crippen molar-refractivity contribution in [2.24, 2.45) is 0 Å². The molecule has 0 saturated carbocycles. The molecule has 3 aromatic rings. The molecule has 0 fully saturated rings. The molecule has 2 heterocycles. The van der Waals surface area contributed by atoms with Gasteiger partial charge in [0.25, 0.3) is 0 Å². The number of pyridine rings is 1. The Hall–Kier alpha value is -2.07. The second kappa shape index (κ2) is 3.99. The van der Waals surface area contributed by atoms with Crippen LogP contribution in [-0.2, 0) is 0 Å². The summed E-state index contributed by atoms with van der Waals surface area (Å²) in [6, 6.07) is 5.90. The largest absolute Gasteiger partial charge is 0.396 e. The van der Waals surface area contributed by atoms with Gasteiger partial charge in [0, 0.05) is 17.1 Å². The van der Waals surface area contributed by atoms with Crippen molar-refractivity contribution in [2.45, 2.75) is 6.92 Å². The van der Waals surface area contributed by atoms with Gasteiger partial charge in [0.2, 0.25) is 0 Å². The molecule has 5 heteroatoms. The van der Waals surface area contributed by atoms with Crippen molar-refractivity contribution in [3.63, 3.8) is 0 Å². The number of aromatic nitrogens is 3. The molecule has 0 saturated heterocycles. The molecule has 3 N–H and O–H groups in total. The Balaban J connectivity index is 2.40. The molecule has 90 valence electrons. The van der Waals surface area contributed by atoms with E-state index in [1.54, 1.807) is 12.4 Å². The number of hydrogen-bond acceptors (Lipinski definition) is 3. The molecule has 0 aliphatic rings. The first kappa shape index (κ1) is 11.0. The number of H-pyrrole nitrogens is 1. The fourth-order valence-corrected chi connectivity index (χ4v) is 2.31. The molecule has 0 radical (unpaired) electrons.